The molecule has 0 aromatic heterocycles. The van der Waals surface area contributed by atoms with E-state index in [0.717, 1.165) is 18.9 Å². The third-order valence-electron chi connectivity index (χ3n) is 1.93. The van der Waals surface area contributed by atoms with Gasteiger partial charge in [-0.05, 0) is 67.4 Å². The van der Waals surface area contributed by atoms with Crippen LogP contribution >= 0.6 is 22.6 Å². The van der Waals surface area contributed by atoms with Gasteiger partial charge in [0, 0.05) is 10.1 Å². The molecule has 3 heteroatoms. The van der Waals surface area contributed by atoms with E-state index in [2.05, 4.69) is 46.5 Å². The van der Waals surface area contributed by atoms with Gasteiger partial charge in [-0.25, -0.2) is 0 Å². The topological polar surface area (TPSA) is 12.5 Å². The molecule has 0 bridgehead atoms. The first-order chi connectivity index (χ1) is 6.59. The molecule has 0 saturated heterocycles. The number of halogens is 1. The van der Waals surface area contributed by atoms with Crippen LogP contribution in [0.4, 0.5) is 0 Å². The van der Waals surface area contributed by atoms with E-state index < -0.39 is 0 Å². The van der Waals surface area contributed by atoms with Gasteiger partial charge < -0.3 is 9.64 Å². The van der Waals surface area contributed by atoms with Crippen molar-refractivity contribution in [2.75, 3.05) is 27.2 Å². The average Bonchev–Trinajstić information content (AvgIpc) is 2.08. The summed E-state index contributed by atoms with van der Waals surface area (Å²) in [6, 6.07) is 6.23. The van der Waals surface area contributed by atoms with Crippen LogP contribution in [0.25, 0.3) is 0 Å². The van der Waals surface area contributed by atoms with E-state index in [0.29, 0.717) is 0 Å². The van der Waals surface area contributed by atoms with Crippen LogP contribution in [0.15, 0.2) is 18.2 Å². The van der Waals surface area contributed by atoms with E-state index in [9.17, 15) is 0 Å². The van der Waals surface area contributed by atoms with Gasteiger partial charge in [-0.15, -0.1) is 0 Å². The van der Waals surface area contributed by atoms with E-state index in [1.165, 1.54) is 9.13 Å². The van der Waals surface area contributed by atoms with Crippen molar-refractivity contribution in [3.63, 3.8) is 0 Å². The molecule has 2 nitrogen and oxygen atoms in total. The third kappa shape index (κ3) is 3.84. The average molecular weight is 305 g/mol. The Morgan fingerprint density at radius 2 is 2.07 bits per heavy atom. The van der Waals surface area contributed by atoms with Gasteiger partial charge in [-0.2, -0.15) is 0 Å². The van der Waals surface area contributed by atoms with E-state index in [4.69, 9.17) is 4.74 Å². The summed E-state index contributed by atoms with van der Waals surface area (Å²) in [6.45, 7) is 3.77. The fraction of sp³-hybridized carbons (Fsp3) is 0.455. The van der Waals surface area contributed by atoms with Crippen molar-refractivity contribution < 1.29 is 4.74 Å². The zero-order valence-electron chi connectivity index (χ0n) is 8.88. The molecule has 0 aliphatic rings. The lowest BCUT2D eigenvalue weighted by atomic mass is 10.2. The summed E-state index contributed by atoms with van der Waals surface area (Å²) in [5, 5.41) is 0. The number of ether oxygens (including phenoxy) is 1. The molecule has 0 unspecified atom stereocenters. The molecule has 0 radical (unpaired) electrons. The van der Waals surface area contributed by atoms with Gasteiger partial charge in [0.2, 0.25) is 0 Å². The molecule has 0 aliphatic carbocycles. The normalized spacial score (nSPS) is 10.6. The van der Waals surface area contributed by atoms with Crippen molar-refractivity contribution in [2.45, 2.75) is 6.92 Å². The van der Waals surface area contributed by atoms with Crippen molar-refractivity contribution in [2.24, 2.45) is 0 Å². The first-order valence-electron chi connectivity index (χ1n) is 4.63. The monoisotopic (exact) mass is 305 g/mol. The van der Waals surface area contributed by atoms with Crippen LogP contribution in [0.5, 0.6) is 5.75 Å². The summed E-state index contributed by atoms with van der Waals surface area (Å²) >= 11 is 2.31. The summed E-state index contributed by atoms with van der Waals surface area (Å²) in [5.41, 5.74) is 1.20. The predicted octanol–water partition coefficient (Wildman–Crippen LogP) is 2.54. The van der Waals surface area contributed by atoms with Crippen molar-refractivity contribution in [3.05, 3.63) is 27.3 Å². The Morgan fingerprint density at radius 3 is 2.64 bits per heavy atom. The van der Waals surface area contributed by atoms with Crippen LogP contribution in [0.2, 0.25) is 0 Å². The number of hydrogen-bond acceptors (Lipinski definition) is 2. The molecule has 0 aliphatic heterocycles. The van der Waals surface area contributed by atoms with Crippen molar-refractivity contribution in [1.29, 1.82) is 0 Å². The summed E-state index contributed by atoms with van der Waals surface area (Å²) in [5.74, 6) is 0.993. The third-order valence-corrected chi connectivity index (χ3v) is 2.60. The molecule has 0 heterocycles. The molecule has 0 fully saturated rings. The molecule has 78 valence electrons. The molecule has 0 spiro atoms. The Kier molecular flexibility index (Phi) is 4.68. The van der Waals surface area contributed by atoms with Gasteiger partial charge in [-0.3, -0.25) is 0 Å². The maximum Gasteiger partial charge on any atom is 0.122 e. The second-order valence-electron chi connectivity index (χ2n) is 3.56. The second kappa shape index (κ2) is 5.56. The smallest absolute Gasteiger partial charge is 0.122 e. The summed E-state index contributed by atoms with van der Waals surface area (Å²) in [4.78, 5) is 2.11. The molecule has 1 rings (SSSR count). The van der Waals surface area contributed by atoms with Crippen molar-refractivity contribution in [1.82, 2.24) is 4.90 Å². The van der Waals surface area contributed by atoms with E-state index >= 15 is 0 Å². The number of nitrogens with zero attached hydrogens (tertiary/aromatic N) is 1. The van der Waals surface area contributed by atoms with Gasteiger partial charge in [0.05, 0.1) is 0 Å². The van der Waals surface area contributed by atoms with E-state index in [1.807, 2.05) is 20.2 Å². The van der Waals surface area contributed by atoms with E-state index in [1.54, 1.807) is 0 Å². The minimum Gasteiger partial charge on any atom is -0.492 e. The Bertz CT molecular complexity index is 299. The molecule has 0 saturated carbocycles. The standard InChI is InChI=1S/C11H16INO/c1-9-8-10(12)4-5-11(9)14-7-6-13(2)3/h4-5,8H,6-7H2,1-3H3. The zero-order chi connectivity index (χ0) is 10.6. The Morgan fingerprint density at radius 1 is 1.36 bits per heavy atom. The molecule has 1 aromatic carbocycles. The van der Waals surface area contributed by atoms with Crippen LogP contribution in [0.3, 0.4) is 0 Å². The van der Waals surface area contributed by atoms with Crippen LogP contribution < -0.4 is 4.74 Å². The maximum atomic E-state index is 5.66. The predicted molar refractivity (Wildman–Crippen MR) is 67.9 cm³/mol. The van der Waals surface area contributed by atoms with E-state index in [-0.39, 0.29) is 0 Å². The number of rotatable bonds is 4. The van der Waals surface area contributed by atoms with Crippen molar-refractivity contribution >= 4 is 22.6 Å². The lowest BCUT2D eigenvalue weighted by Crippen LogP contribution is -2.19. The Hall–Kier alpha value is -0.290. The Balaban J connectivity index is 2.51. The minimum atomic E-state index is 0.744. The molecular weight excluding hydrogens is 289 g/mol. The highest BCUT2D eigenvalue weighted by atomic mass is 127. The van der Waals surface area contributed by atoms with Gasteiger partial charge in [0.25, 0.3) is 0 Å². The highest BCUT2D eigenvalue weighted by molar-refractivity contribution is 14.1. The number of aryl methyl sites for hydroxylation is 1. The fourth-order valence-corrected chi connectivity index (χ4v) is 1.76. The number of likely N-dealkylation sites (N-methyl/N-ethyl adjacent to an activating group) is 1. The summed E-state index contributed by atoms with van der Waals surface area (Å²) < 4.78 is 6.91. The maximum absolute atomic E-state index is 5.66. The van der Waals surface area contributed by atoms with Crippen LogP contribution in [-0.2, 0) is 0 Å². The molecule has 14 heavy (non-hydrogen) atoms. The molecule has 0 N–H and O–H groups in total. The lowest BCUT2D eigenvalue weighted by molar-refractivity contribution is 0.260. The highest BCUT2D eigenvalue weighted by Gasteiger charge is 1.99. The zero-order valence-corrected chi connectivity index (χ0v) is 11.0. The van der Waals surface area contributed by atoms with Crippen LogP contribution in [0.1, 0.15) is 5.56 Å². The SMILES string of the molecule is Cc1cc(I)ccc1OCCN(C)C. The van der Waals surface area contributed by atoms with Gasteiger partial charge in [-0.1, -0.05) is 0 Å². The lowest BCUT2D eigenvalue weighted by Gasteiger charge is -2.12. The van der Waals surface area contributed by atoms with Crippen LogP contribution in [-0.4, -0.2) is 32.1 Å². The summed E-state index contributed by atoms with van der Waals surface area (Å²) in [7, 11) is 4.09. The highest BCUT2D eigenvalue weighted by Crippen LogP contribution is 2.19. The number of hydrogen-bond donors (Lipinski definition) is 0. The summed E-state index contributed by atoms with van der Waals surface area (Å²) in [6.07, 6.45) is 0. The first-order valence-corrected chi connectivity index (χ1v) is 5.71. The van der Waals surface area contributed by atoms with Gasteiger partial charge >= 0.3 is 0 Å². The molecule has 1 aromatic rings. The molecule has 0 atom stereocenters. The minimum absolute atomic E-state index is 0.744. The number of benzene rings is 1. The van der Waals surface area contributed by atoms with Crippen LogP contribution in [0, 0.1) is 10.5 Å². The second-order valence-corrected chi connectivity index (χ2v) is 4.81. The van der Waals surface area contributed by atoms with Gasteiger partial charge in [0.15, 0.2) is 0 Å². The Labute approximate surface area is 99.4 Å². The van der Waals surface area contributed by atoms with Crippen molar-refractivity contribution in [3.8, 4) is 5.75 Å². The molecular formula is C11H16INO. The first kappa shape index (κ1) is 11.8. The fourth-order valence-electron chi connectivity index (χ4n) is 1.11. The molecule has 0 amide bonds. The quantitative estimate of drug-likeness (QED) is 0.793. The van der Waals surface area contributed by atoms with Gasteiger partial charge in [0.1, 0.15) is 12.4 Å². The largest absolute Gasteiger partial charge is 0.492 e.